The first kappa shape index (κ1) is 20.3. The van der Waals surface area contributed by atoms with Crippen LogP contribution in [0.15, 0.2) is 35.2 Å². The number of nitrogens with one attached hydrogen (secondary N) is 1. The number of ether oxygens (including phenoxy) is 3. The highest BCUT2D eigenvalue weighted by atomic mass is 32.2. The minimum absolute atomic E-state index is 0.115. The first-order valence-corrected chi connectivity index (χ1v) is 10.4. The second kappa shape index (κ2) is 9.18. The predicted octanol–water partition coefficient (Wildman–Crippen LogP) is 0.988. The maximum absolute atomic E-state index is 12.3. The first-order valence-electron chi connectivity index (χ1n) is 8.93. The number of aromatic nitrogens is 2. The van der Waals surface area contributed by atoms with Gasteiger partial charge in [-0.15, -0.1) is 0 Å². The van der Waals surface area contributed by atoms with Crippen LogP contribution in [0, 0.1) is 6.92 Å². The van der Waals surface area contributed by atoms with E-state index in [1.165, 1.54) is 19.2 Å². The molecule has 10 heteroatoms. The molecular weight excluding hydrogens is 384 g/mol. The van der Waals surface area contributed by atoms with Gasteiger partial charge in [-0.2, -0.15) is 4.98 Å². The Kier molecular flexibility index (Phi) is 6.65. The number of rotatable bonds is 8. The van der Waals surface area contributed by atoms with E-state index in [9.17, 15) is 8.42 Å². The standard InChI is InChI=1S/C18H24N4O5S/c1-14-20-17(22-8-11-26-12-9-22)13-18(21-14)27-10-7-19-28(23,24)16-5-3-15(25-2)4-6-16/h3-6,13,19H,7-12H2,1-2H3. The molecular formula is C18H24N4O5S. The van der Waals surface area contributed by atoms with Gasteiger partial charge in [0, 0.05) is 25.7 Å². The molecule has 1 aliphatic rings. The Balaban J connectivity index is 1.55. The minimum atomic E-state index is -3.61. The quantitative estimate of drug-likeness (QED) is 0.645. The van der Waals surface area contributed by atoms with E-state index < -0.39 is 10.0 Å². The summed E-state index contributed by atoms with van der Waals surface area (Å²) >= 11 is 0. The lowest BCUT2D eigenvalue weighted by Gasteiger charge is -2.28. The number of methoxy groups -OCH3 is 1. The fourth-order valence-corrected chi connectivity index (χ4v) is 3.74. The van der Waals surface area contributed by atoms with E-state index in [4.69, 9.17) is 14.2 Å². The lowest BCUT2D eigenvalue weighted by molar-refractivity contribution is 0.122. The van der Waals surface area contributed by atoms with E-state index in [0.717, 1.165) is 18.9 Å². The molecule has 1 aromatic carbocycles. The van der Waals surface area contributed by atoms with Crippen LogP contribution in [0.4, 0.5) is 5.82 Å². The summed E-state index contributed by atoms with van der Waals surface area (Å²) in [4.78, 5) is 11.0. The molecule has 0 bridgehead atoms. The Morgan fingerprint density at radius 1 is 1.18 bits per heavy atom. The van der Waals surface area contributed by atoms with Gasteiger partial charge in [0.15, 0.2) is 0 Å². The molecule has 9 nitrogen and oxygen atoms in total. The van der Waals surface area contributed by atoms with Gasteiger partial charge in [-0.25, -0.2) is 18.1 Å². The van der Waals surface area contributed by atoms with Gasteiger partial charge in [0.1, 0.15) is 24.0 Å². The van der Waals surface area contributed by atoms with Crippen LogP contribution in [0.1, 0.15) is 5.82 Å². The van der Waals surface area contributed by atoms with E-state index >= 15 is 0 Å². The highest BCUT2D eigenvalue weighted by molar-refractivity contribution is 7.89. The van der Waals surface area contributed by atoms with Crippen LogP contribution in [-0.4, -0.2) is 65.0 Å². The highest BCUT2D eigenvalue weighted by Crippen LogP contribution is 2.19. The minimum Gasteiger partial charge on any atom is -0.497 e. The molecule has 0 saturated carbocycles. The van der Waals surface area contributed by atoms with Crippen molar-refractivity contribution in [2.45, 2.75) is 11.8 Å². The number of hydrogen-bond acceptors (Lipinski definition) is 8. The van der Waals surface area contributed by atoms with Crippen molar-refractivity contribution in [3.8, 4) is 11.6 Å². The Morgan fingerprint density at radius 3 is 2.57 bits per heavy atom. The molecule has 1 fully saturated rings. The van der Waals surface area contributed by atoms with Crippen LogP contribution in [0.25, 0.3) is 0 Å². The van der Waals surface area contributed by atoms with E-state index in [0.29, 0.717) is 30.7 Å². The van der Waals surface area contributed by atoms with Gasteiger partial charge in [0.25, 0.3) is 0 Å². The van der Waals surface area contributed by atoms with Gasteiger partial charge in [-0.3, -0.25) is 0 Å². The van der Waals surface area contributed by atoms with Gasteiger partial charge in [0.2, 0.25) is 15.9 Å². The number of morpholine rings is 1. The Labute approximate surface area is 164 Å². The van der Waals surface area contributed by atoms with Crippen molar-refractivity contribution in [3.63, 3.8) is 0 Å². The van der Waals surface area contributed by atoms with E-state index in [1.807, 2.05) is 0 Å². The van der Waals surface area contributed by atoms with Gasteiger partial charge >= 0.3 is 0 Å². The fourth-order valence-electron chi connectivity index (χ4n) is 2.72. The average molecular weight is 408 g/mol. The summed E-state index contributed by atoms with van der Waals surface area (Å²) < 4.78 is 43.1. The molecule has 3 rings (SSSR count). The zero-order chi connectivity index (χ0) is 20.0. The van der Waals surface area contributed by atoms with Crippen LogP contribution in [0.3, 0.4) is 0 Å². The molecule has 0 amide bonds. The molecule has 0 atom stereocenters. The molecule has 2 aromatic rings. The van der Waals surface area contributed by atoms with Crippen LogP contribution in [0.2, 0.25) is 0 Å². The third kappa shape index (κ3) is 5.31. The summed E-state index contributed by atoms with van der Waals surface area (Å²) in [6.07, 6.45) is 0. The van der Waals surface area contributed by atoms with Gasteiger partial charge in [-0.05, 0) is 31.2 Å². The topological polar surface area (TPSA) is 103 Å². The van der Waals surface area contributed by atoms with Crippen molar-refractivity contribution >= 4 is 15.8 Å². The van der Waals surface area contributed by atoms with Crippen molar-refractivity contribution in [2.75, 3.05) is 51.5 Å². The van der Waals surface area contributed by atoms with Crippen LogP contribution < -0.4 is 19.1 Å². The number of hydrogen-bond donors (Lipinski definition) is 1. The van der Waals surface area contributed by atoms with E-state index in [1.54, 1.807) is 25.1 Å². The summed E-state index contributed by atoms with van der Waals surface area (Å²) in [7, 11) is -2.09. The van der Waals surface area contributed by atoms with Crippen LogP contribution in [0.5, 0.6) is 11.6 Å². The zero-order valence-corrected chi connectivity index (χ0v) is 16.7. The summed E-state index contributed by atoms with van der Waals surface area (Å²) in [5, 5.41) is 0. The van der Waals surface area contributed by atoms with Crippen molar-refractivity contribution in [1.82, 2.24) is 14.7 Å². The largest absolute Gasteiger partial charge is 0.497 e. The van der Waals surface area contributed by atoms with Crippen molar-refractivity contribution in [3.05, 3.63) is 36.2 Å². The Morgan fingerprint density at radius 2 is 1.89 bits per heavy atom. The number of aryl methyl sites for hydroxylation is 1. The Hall–Kier alpha value is -2.43. The lowest BCUT2D eigenvalue weighted by Crippen LogP contribution is -2.37. The normalized spacial score (nSPS) is 14.7. The van der Waals surface area contributed by atoms with Crippen molar-refractivity contribution < 1.29 is 22.6 Å². The predicted molar refractivity (Wildman–Crippen MR) is 103 cm³/mol. The van der Waals surface area contributed by atoms with Crippen LogP contribution in [-0.2, 0) is 14.8 Å². The lowest BCUT2D eigenvalue weighted by atomic mass is 10.3. The molecule has 0 aliphatic carbocycles. The first-order chi connectivity index (χ1) is 13.5. The molecule has 0 radical (unpaired) electrons. The third-order valence-electron chi connectivity index (χ3n) is 4.15. The van der Waals surface area contributed by atoms with Crippen molar-refractivity contribution in [1.29, 1.82) is 0 Å². The average Bonchev–Trinajstić information content (AvgIpc) is 2.71. The summed E-state index contributed by atoms with van der Waals surface area (Å²) in [6, 6.07) is 7.94. The third-order valence-corrected chi connectivity index (χ3v) is 5.63. The smallest absolute Gasteiger partial charge is 0.240 e. The van der Waals surface area contributed by atoms with Gasteiger partial charge in [0.05, 0.1) is 25.2 Å². The fraction of sp³-hybridized carbons (Fsp3) is 0.444. The second-order valence-electron chi connectivity index (χ2n) is 6.13. The number of nitrogens with zero attached hydrogens (tertiary/aromatic N) is 3. The number of anilines is 1. The SMILES string of the molecule is COc1ccc(S(=O)(=O)NCCOc2cc(N3CCOCC3)nc(C)n2)cc1. The van der Waals surface area contributed by atoms with Gasteiger partial charge < -0.3 is 19.1 Å². The van der Waals surface area contributed by atoms with E-state index in [-0.39, 0.29) is 18.0 Å². The molecule has 1 N–H and O–H groups in total. The molecule has 1 aromatic heterocycles. The molecule has 1 aliphatic heterocycles. The maximum Gasteiger partial charge on any atom is 0.240 e. The van der Waals surface area contributed by atoms with Crippen molar-refractivity contribution in [2.24, 2.45) is 0 Å². The number of sulfonamides is 1. The monoisotopic (exact) mass is 408 g/mol. The summed E-state index contributed by atoms with van der Waals surface area (Å²) in [6.45, 7) is 4.90. The highest BCUT2D eigenvalue weighted by Gasteiger charge is 2.16. The maximum atomic E-state index is 12.3. The summed E-state index contributed by atoms with van der Waals surface area (Å²) in [5.74, 6) is 2.39. The zero-order valence-electron chi connectivity index (χ0n) is 15.9. The molecule has 0 unspecified atom stereocenters. The molecule has 1 saturated heterocycles. The molecule has 2 heterocycles. The van der Waals surface area contributed by atoms with Gasteiger partial charge in [-0.1, -0.05) is 0 Å². The molecule has 28 heavy (non-hydrogen) atoms. The van der Waals surface area contributed by atoms with Crippen LogP contribution >= 0.6 is 0 Å². The Bertz CT molecular complexity index is 883. The summed E-state index contributed by atoms with van der Waals surface area (Å²) in [5.41, 5.74) is 0. The number of benzene rings is 1. The second-order valence-corrected chi connectivity index (χ2v) is 7.90. The van der Waals surface area contributed by atoms with E-state index in [2.05, 4.69) is 19.6 Å². The molecule has 0 spiro atoms. The molecule has 152 valence electrons.